The summed E-state index contributed by atoms with van der Waals surface area (Å²) in [5, 5.41) is 4.17. The van der Waals surface area contributed by atoms with E-state index in [1.165, 1.54) is 5.56 Å². The summed E-state index contributed by atoms with van der Waals surface area (Å²) in [6, 6.07) is 14.2. The fourth-order valence-corrected chi connectivity index (χ4v) is 2.93. The van der Waals surface area contributed by atoms with Crippen molar-refractivity contribution in [1.82, 2.24) is 0 Å². The average molecular weight is 333 g/mol. The summed E-state index contributed by atoms with van der Waals surface area (Å²) >= 11 is 6.45. The minimum Gasteiger partial charge on any atom is -0.497 e. The fourth-order valence-electron chi connectivity index (χ4n) is 2.63. The number of rotatable bonds is 5. The number of hydrogen-bond donors (Lipinski definition) is 1. The number of anilines is 2. The predicted octanol–water partition coefficient (Wildman–Crippen LogP) is 3.80. The molecule has 1 aliphatic heterocycles. The van der Waals surface area contributed by atoms with Crippen LogP contribution in [0.2, 0.25) is 5.02 Å². The first-order chi connectivity index (χ1) is 11.3. The molecule has 5 heteroatoms. The van der Waals surface area contributed by atoms with Crippen molar-refractivity contribution in [2.75, 3.05) is 43.6 Å². The SMILES string of the molecule is COc1ccc(CNc2ccc(N3CCOCC3)c(Cl)c2)cc1. The van der Waals surface area contributed by atoms with Crippen LogP contribution in [0.25, 0.3) is 0 Å². The van der Waals surface area contributed by atoms with Gasteiger partial charge in [0.25, 0.3) is 0 Å². The molecule has 122 valence electrons. The Morgan fingerprint density at radius 3 is 2.52 bits per heavy atom. The van der Waals surface area contributed by atoms with Gasteiger partial charge in [-0.25, -0.2) is 0 Å². The van der Waals surface area contributed by atoms with Crippen LogP contribution < -0.4 is 15.0 Å². The Morgan fingerprint density at radius 2 is 1.87 bits per heavy atom. The van der Waals surface area contributed by atoms with Crippen molar-refractivity contribution in [2.45, 2.75) is 6.54 Å². The Labute approximate surface area is 142 Å². The van der Waals surface area contributed by atoms with Gasteiger partial charge in [-0.2, -0.15) is 0 Å². The molecule has 0 saturated carbocycles. The minimum absolute atomic E-state index is 0.747. The topological polar surface area (TPSA) is 33.7 Å². The third-order valence-corrected chi connectivity index (χ3v) is 4.26. The molecule has 0 atom stereocenters. The van der Waals surface area contributed by atoms with Crippen LogP contribution in [0.5, 0.6) is 5.75 Å². The van der Waals surface area contributed by atoms with E-state index >= 15 is 0 Å². The zero-order chi connectivity index (χ0) is 16.1. The van der Waals surface area contributed by atoms with Gasteiger partial charge in [-0.05, 0) is 35.9 Å². The standard InChI is InChI=1S/C18H21ClN2O2/c1-22-16-5-2-14(3-6-16)13-20-15-4-7-18(17(19)12-15)21-8-10-23-11-9-21/h2-7,12,20H,8-11,13H2,1H3. The third-order valence-electron chi connectivity index (χ3n) is 3.96. The minimum atomic E-state index is 0.747. The van der Waals surface area contributed by atoms with Gasteiger partial charge < -0.3 is 19.7 Å². The molecule has 2 aromatic rings. The van der Waals surface area contributed by atoms with Crippen molar-refractivity contribution in [1.29, 1.82) is 0 Å². The molecule has 23 heavy (non-hydrogen) atoms. The summed E-state index contributed by atoms with van der Waals surface area (Å²) < 4.78 is 10.5. The summed E-state index contributed by atoms with van der Waals surface area (Å²) in [5.41, 5.74) is 3.28. The summed E-state index contributed by atoms with van der Waals surface area (Å²) in [7, 11) is 1.67. The maximum absolute atomic E-state index is 6.45. The molecular weight excluding hydrogens is 312 g/mol. The quantitative estimate of drug-likeness (QED) is 0.903. The molecule has 0 amide bonds. The zero-order valence-corrected chi connectivity index (χ0v) is 14.0. The lowest BCUT2D eigenvalue weighted by Gasteiger charge is -2.29. The molecule has 0 unspecified atom stereocenters. The maximum Gasteiger partial charge on any atom is 0.118 e. The van der Waals surface area contributed by atoms with E-state index in [4.69, 9.17) is 21.1 Å². The van der Waals surface area contributed by atoms with Crippen LogP contribution in [0.1, 0.15) is 5.56 Å². The second-order valence-electron chi connectivity index (χ2n) is 5.47. The van der Waals surface area contributed by atoms with E-state index in [1.54, 1.807) is 7.11 Å². The van der Waals surface area contributed by atoms with Crippen LogP contribution in [0.15, 0.2) is 42.5 Å². The monoisotopic (exact) mass is 332 g/mol. The lowest BCUT2D eigenvalue weighted by Crippen LogP contribution is -2.36. The molecule has 0 radical (unpaired) electrons. The normalized spacial score (nSPS) is 14.6. The second kappa shape index (κ2) is 7.57. The summed E-state index contributed by atoms with van der Waals surface area (Å²) in [6.07, 6.45) is 0. The van der Waals surface area contributed by atoms with Crippen LogP contribution in [0, 0.1) is 0 Å². The molecule has 0 spiro atoms. The predicted molar refractivity (Wildman–Crippen MR) is 94.8 cm³/mol. The van der Waals surface area contributed by atoms with E-state index in [0.29, 0.717) is 0 Å². The van der Waals surface area contributed by atoms with Crippen molar-refractivity contribution in [3.05, 3.63) is 53.1 Å². The van der Waals surface area contributed by atoms with Crippen molar-refractivity contribution in [2.24, 2.45) is 0 Å². The Hall–Kier alpha value is -1.91. The molecule has 1 saturated heterocycles. The Bertz CT molecular complexity index is 640. The van der Waals surface area contributed by atoms with Gasteiger partial charge >= 0.3 is 0 Å². The van der Waals surface area contributed by atoms with Crippen LogP contribution in [0.4, 0.5) is 11.4 Å². The number of hydrogen-bond acceptors (Lipinski definition) is 4. The number of halogens is 1. The molecule has 1 heterocycles. The van der Waals surface area contributed by atoms with E-state index in [-0.39, 0.29) is 0 Å². The number of ether oxygens (including phenoxy) is 2. The Balaban J connectivity index is 1.62. The van der Waals surface area contributed by atoms with Crippen molar-refractivity contribution in [3.63, 3.8) is 0 Å². The van der Waals surface area contributed by atoms with E-state index < -0.39 is 0 Å². The van der Waals surface area contributed by atoms with Gasteiger partial charge in [0.15, 0.2) is 0 Å². The zero-order valence-electron chi connectivity index (χ0n) is 13.2. The van der Waals surface area contributed by atoms with Gasteiger partial charge in [-0.3, -0.25) is 0 Å². The third kappa shape index (κ3) is 4.09. The van der Waals surface area contributed by atoms with Gasteiger partial charge in [0, 0.05) is 25.3 Å². The lowest BCUT2D eigenvalue weighted by molar-refractivity contribution is 0.122. The molecule has 4 nitrogen and oxygen atoms in total. The van der Waals surface area contributed by atoms with Crippen molar-refractivity contribution >= 4 is 23.0 Å². The molecule has 0 aromatic heterocycles. The number of methoxy groups -OCH3 is 1. The van der Waals surface area contributed by atoms with Gasteiger partial charge in [-0.1, -0.05) is 23.7 Å². The van der Waals surface area contributed by atoms with Crippen LogP contribution in [-0.2, 0) is 11.3 Å². The molecule has 1 fully saturated rings. The number of nitrogens with one attached hydrogen (secondary N) is 1. The lowest BCUT2D eigenvalue weighted by atomic mass is 10.2. The highest BCUT2D eigenvalue weighted by molar-refractivity contribution is 6.33. The number of benzene rings is 2. The molecule has 3 rings (SSSR count). The van der Waals surface area contributed by atoms with Gasteiger partial charge in [0.05, 0.1) is 31.0 Å². The average Bonchev–Trinajstić information content (AvgIpc) is 2.61. The molecule has 2 aromatic carbocycles. The highest BCUT2D eigenvalue weighted by Gasteiger charge is 2.14. The fraction of sp³-hybridized carbons (Fsp3) is 0.333. The summed E-state index contributed by atoms with van der Waals surface area (Å²) in [4.78, 5) is 2.26. The first-order valence-corrected chi connectivity index (χ1v) is 8.13. The molecule has 0 aliphatic carbocycles. The Kier molecular flexibility index (Phi) is 5.26. The van der Waals surface area contributed by atoms with Gasteiger partial charge in [0.2, 0.25) is 0 Å². The molecule has 1 aliphatic rings. The highest BCUT2D eigenvalue weighted by Crippen LogP contribution is 2.29. The van der Waals surface area contributed by atoms with Crippen LogP contribution in [0.3, 0.4) is 0 Å². The van der Waals surface area contributed by atoms with Crippen molar-refractivity contribution in [3.8, 4) is 5.75 Å². The first-order valence-electron chi connectivity index (χ1n) is 7.75. The maximum atomic E-state index is 6.45. The number of morpholine rings is 1. The number of nitrogens with zero attached hydrogens (tertiary/aromatic N) is 1. The van der Waals surface area contributed by atoms with Gasteiger partial charge in [0.1, 0.15) is 5.75 Å². The van der Waals surface area contributed by atoms with Crippen molar-refractivity contribution < 1.29 is 9.47 Å². The smallest absolute Gasteiger partial charge is 0.118 e. The largest absolute Gasteiger partial charge is 0.497 e. The Morgan fingerprint density at radius 1 is 1.13 bits per heavy atom. The highest BCUT2D eigenvalue weighted by atomic mass is 35.5. The summed E-state index contributed by atoms with van der Waals surface area (Å²) in [6.45, 7) is 4.04. The van der Waals surface area contributed by atoms with E-state index in [2.05, 4.69) is 34.5 Å². The summed E-state index contributed by atoms with van der Waals surface area (Å²) in [5.74, 6) is 0.867. The van der Waals surface area contributed by atoms with Crippen LogP contribution in [-0.4, -0.2) is 33.4 Å². The van der Waals surface area contributed by atoms with Crippen LogP contribution >= 0.6 is 11.6 Å². The second-order valence-corrected chi connectivity index (χ2v) is 5.87. The van der Waals surface area contributed by atoms with E-state index in [1.807, 2.05) is 18.2 Å². The molecule has 0 bridgehead atoms. The van der Waals surface area contributed by atoms with E-state index in [9.17, 15) is 0 Å². The molecule has 1 N–H and O–H groups in total. The molecular formula is C18H21ClN2O2. The van der Waals surface area contributed by atoms with Gasteiger partial charge in [-0.15, -0.1) is 0 Å². The first kappa shape index (κ1) is 16.0. The van der Waals surface area contributed by atoms with E-state index in [0.717, 1.165) is 55.0 Å².